The number of allylic oxidation sites excluding steroid dienone is 4. The molecule has 1 aliphatic heterocycles. The zero-order chi connectivity index (χ0) is 39.6. The zero-order valence-electron chi connectivity index (χ0n) is 32.9. The molecule has 282 valence electrons. The van der Waals surface area contributed by atoms with Gasteiger partial charge in [0.15, 0.2) is 0 Å². The van der Waals surface area contributed by atoms with Gasteiger partial charge in [0.05, 0.1) is 11.4 Å². The number of hydrogen-bond donors (Lipinski definition) is 0. The molecule has 0 amide bonds. The molecule has 1 heterocycles. The van der Waals surface area contributed by atoms with Crippen molar-refractivity contribution in [2.75, 3.05) is 4.90 Å². The molecule has 0 bridgehead atoms. The minimum Gasteiger partial charge on any atom is -0.456 e. The summed E-state index contributed by atoms with van der Waals surface area (Å²) >= 11 is 0. The second-order valence-corrected chi connectivity index (χ2v) is 15.9. The number of benzene rings is 9. The van der Waals surface area contributed by atoms with Crippen LogP contribution in [0.5, 0.6) is 11.5 Å². The molecule has 0 spiro atoms. The van der Waals surface area contributed by atoms with Crippen molar-refractivity contribution in [1.29, 1.82) is 0 Å². The number of nitrogens with zero attached hydrogens (tertiary/aromatic N) is 1. The molecule has 1 unspecified atom stereocenters. The van der Waals surface area contributed by atoms with E-state index in [1.807, 2.05) is 0 Å². The summed E-state index contributed by atoms with van der Waals surface area (Å²) in [6, 6.07) is 72.9. The Morgan fingerprint density at radius 2 is 1.05 bits per heavy atom. The molecule has 3 aliphatic rings. The Kier molecular flexibility index (Phi) is 8.02. The maximum atomic E-state index is 6.84. The fourth-order valence-electron chi connectivity index (χ4n) is 9.95. The highest BCUT2D eigenvalue weighted by Crippen LogP contribution is 2.50. The van der Waals surface area contributed by atoms with Crippen molar-refractivity contribution < 1.29 is 4.74 Å². The third-order valence-electron chi connectivity index (χ3n) is 12.6. The van der Waals surface area contributed by atoms with Crippen LogP contribution in [0, 0.1) is 5.92 Å². The average molecular weight is 766 g/mol. The predicted molar refractivity (Wildman–Crippen MR) is 250 cm³/mol. The van der Waals surface area contributed by atoms with Gasteiger partial charge in [-0.3, -0.25) is 0 Å². The van der Waals surface area contributed by atoms with Crippen molar-refractivity contribution in [2.24, 2.45) is 5.92 Å². The molecular formula is C58H39NO. The third kappa shape index (κ3) is 5.49. The zero-order valence-corrected chi connectivity index (χ0v) is 32.9. The lowest BCUT2D eigenvalue weighted by Crippen LogP contribution is -2.38. The van der Waals surface area contributed by atoms with Crippen molar-refractivity contribution in [3.8, 4) is 33.8 Å². The predicted octanol–water partition coefficient (Wildman–Crippen LogP) is 13.8. The summed E-state index contributed by atoms with van der Waals surface area (Å²) in [7, 11) is 0. The Hall–Kier alpha value is -7.68. The van der Waals surface area contributed by atoms with Crippen LogP contribution in [0.15, 0.2) is 224 Å². The first-order valence-electron chi connectivity index (χ1n) is 20.9. The summed E-state index contributed by atoms with van der Waals surface area (Å²) in [6.45, 7) is 0. The fraction of sp³-hybridized carbons (Fsp3) is 0.0345. The van der Waals surface area contributed by atoms with Gasteiger partial charge in [0.25, 0.3) is 0 Å². The van der Waals surface area contributed by atoms with E-state index in [0.717, 1.165) is 57.2 Å². The third-order valence-corrected chi connectivity index (χ3v) is 12.6. The molecular weight excluding hydrogens is 727 g/mol. The summed E-state index contributed by atoms with van der Waals surface area (Å²) in [5.74, 6) is 1.85. The topological polar surface area (TPSA) is 12.5 Å². The van der Waals surface area contributed by atoms with E-state index in [-0.39, 0.29) is 5.92 Å². The van der Waals surface area contributed by atoms with E-state index in [1.165, 1.54) is 59.8 Å². The van der Waals surface area contributed by atoms with Crippen molar-refractivity contribution >= 4 is 49.8 Å². The van der Waals surface area contributed by atoms with Gasteiger partial charge >= 0.3 is 0 Å². The van der Waals surface area contributed by atoms with Crippen molar-refractivity contribution in [3.63, 3.8) is 0 Å². The van der Waals surface area contributed by atoms with Crippen LogP contribution in [-0.4, -0.2) is 0 Å². The molecule has 12 rings (SSSR count). The molecule has 9 aromatic carbocycles. The quantitative estimate of drug-likeness (QED) is 0.178. The van der Waals surface area contributed by atoms with Gasteiger partial charge in [-0.05, 0) is 109 Å². The van der Waals surface area contributed by atoms with Gasteiger partial charge < -0.3 is 9.64 Å². The number of fused-ring (bicyclic) bond motifs is 10. The van der Waals surface area contributed by atoms with Crippen LogP contribution in [-0.2, 0) is 0 Å². The molecule has 9 aromatic rings. The first-order chi connectivity index (χ1) is 29.8. The molecule has 60 heavy (non-hydrogen) atoms. The summed E-state index contributed by atoms with van der Waals surface area (Å²) in [5.41, 5.74) is 14.1. The summed E-state index contributed by atoms with van der Waals surface area (Å²) in [4.78, 5) is 2.47. The molecule has 0 aromatic heterocycles. The standard InChI is InChI=1S/C58H39NO/c1-2-18-40-36-41(33-32-38(40)16-1)57-49-25-5-6-26-50(49)58(48-27-15-19-39-17-3-4-20-43(39)48)51-35-34-42(37-52(51)57)59-53-28-11-7-21-44(53)46-23-9-13-30-55(46)60-56-31-14-10-24-47(56)45-22-8-12-29-54(45)59/h1-25,27-37,50H,26H2. The molecule has 0 fully saturated rings. The first kappa shape index (κ1) is 34.4. The van der Waals surface area contributed by atoms with Gasteiger partial charge in [-0.25, -0.2) is 0 Å². The Labute approximate surface area is 349 Å². The number of hydrogen-bond acceptors (Lipinski definition) is 2. The number of para-hydroxylation sites is 4. The Bertz CT molecular complexity index is 3310. The minimum absolute atomic E-state index is 0.198. The van der Waals surface area contributed by atoms with Crippen molar-refractivity contribution in [3.05, 3.63) is 246 Å². The number of rotatable bonds is 3. The number of ether oxygens (including phenoxy) is 1. The van der Waals surface area contributed by atoms with Crippen LogP contribution in [0.3, 0.4) is 0 Å². The van der Waals surface area contributed by atoms with Crippen LogP contribution in [0.2, 0.25) is 0 Å². The molecule has 0 saturated heterocycles. The maximum absolute atomic E-state index is 6.84. The summed E-state index contributed by atoms with van der Waals surface area (Å²) in [5, 5.41) is 7.54. The SMILES string of the molecule is C1=CCC2C(=C1)C(c1ccc3ccccc3c1)=c1cc(N3c4ccccc4-c4ccccc4Oc4ccccc4-c4ccccc43)ccc1=C2c1cccc2ccccc12. The minimum atomic E-state index is 0.198. The Morgan fingerprint density at radius 1 is 0.450 bits per heavy atom. The summed E-state index contributed by atoms with van der Waals surface area (Å²) in [6.07, 6.45) is 7.92. The smallest absolute Gasteiger partial charge is 0.135 e. The molecule has 0 radical (unpaired) electrons. The lowest BCUT2D eigenvalue weighted by Gasteiger charge is -2.34. The highest BCUT2D eigenvalue weighted by molar-refractivity contribution is 6.00. The molecule has 2 aliphatic carbocycles. The second-order valence-electron chi connectivity index (χ2n) is 15.9. The Morgan fingerprint density at radius 3 is 1.80 bits per heavy atom. The van der Waals surface area contributed by atoms with E-state index in [2.05, 4.69) is 223 Å². The van der Waals surface area contributed by atoms with E-state index in [0.29, 0.717) is 0 Å². The normalized spacial score (nSPS) is 15.2. The molecule has 0 N–H and O–H groups in total. The van der Waals surface area contributed by atoms with Crippen LogP contribution >= 0.6 is 0 Å². The molecule has 2 nitrogen and oxygen atoms in total. The van der Waals surface area contributed by atoms with Crippen molar-refractivity contribution in [1.82, 2.24) is 0 Å². The largest absolute Gasteiger partial charge is 0.456 e. The van der Waals surface area contributed by atoms with E-state index in [1.54, 1.807) is 0 Å². The van der Waals surface area contributed by atoms with E-state index in [9.17, 15) is 0 Å². The van der Waals surface area contributed by atoms with E-state index < -0.39 is 0 Å². The lowest BCUT2D eigenvalue weighted by atomic mass is 9.72. The van der Waals surface area contributed by atoms with E-state index in [4.69, 9.17) is 4.74 Å². The second kappa shape index (κ2) is 14.0. The van der Waals surface area contributed by atoms with E-state index >= 15 is 0 Å². The van der Waals surface area contributed by atoms with Crippen molar-refractivity contribution in [2.45, 2.75) is 6.42 Å². The van der Waals surface area contributed by atoms with Gasteiger partial charge in [0.1, 0.15) is 11.5 Å². The van der Waals surface area contributed by atoms with Crippen LogP contribution < -0.4 is 20.1 Å². The van der Waals surface area contributed by atoms with Gasteiger partial charge in [-0.1, -0.05) is 176 Å². The fourth-order valence-corrected chi connectivity index (χ4v) is 9.95. The van der Waals surface area contributed by atoms with Gasteiger partial charge in [-0.15, -0.1) is 0 Å². The lowest BCUT2D eigenvalue weighted by molar-refractivity contribution is 0.486. The average Bonchev–Trinajstić information content (AvgIpc) is 3.31. The van der Waals surface area contributed by atoms with Gasteiger partial charge in [-0.2, -0.15) is 0 Å². The monoisotopic (exact) mass is 765 g/mol. The van der Waals surface area contributed by atoms with Gasteiger partial charge in [0, 0.05) is 33.9 Å². The van der Waals surface area contributed by atoms with Gasteiger partial charge in [0.2, 0.25) is 0 Å². The molecule has 0 saturated carbocycles. The van der Waals surface area contributed by atoms with Crippen LogP contribution in [0.1, 0.15) is 17.5 Å². The molecule has 1 atom stereocenters. The number of anilines is 3. The Balaban J connectivity index is 1.23. The molecule has 2 heteroatoms. The van der Waals surface area contributed by atoms with Crippen LogP contribution in [0.4, 0.5) is 17.1 Å². The highest BCUT2D eigenvalue weighted by Gasteiger charge is 2.31. The maximum Gasteiger partial charge on any atom is 0.135 e. The highest BCUT2D eigenvalue weighted by atomic mass is 16.5. The first-order valence-corrected chi connectivity index (χ1v) is 20.9. The summed E-state index contributed by atoms with van der Waals surface area (Å²) < 4.78 is 6.84. The van der Waals surface area contributed by atoms with Crippen LogP contribution in [0.25, 0.3) is 54.9 Å².